The van der Waals surface area contributed by atoms with Gasteiger partial charge in [-0.3, -0.25) is 19.8 Å². The van der Waals surface area contributed by atoms with E-state index in [-0.39, 0.29) is 35.4 Å². The molecule has 2 heterocycles. The molecule has 0 aliphatic carbocycles. The van der Waals surface area contributed by atoms with Gasteiger partial charge in [0.15, 0.2) is 11.5 Å². The predicted octanol–water partition coefficient (Wildman–Crippen LogP) is 5.44. The Kier molecular flexibility index (Phi) is 13.7. The fourth-order valence-corrected chi connectivity index (χ4v) is 7.58. The van der Waals surface area contributed by atoms with Crippen molar-refractivity contribution in [2.45, 2.75) is 50.4 Å². The molecule has 2 aliphatic heterocycles. The van der Waals surface area contributed by atoms with Gasteiger partial charge in [0.1, 0.15) is 5.82 Å². The molecule has 3 aromatic rings. The summed E-state index contributed by atoms with van der Waals surface area (Å²) >= 11 is 0. The highest BCUT2D eigenvalue weighted by molar-refractivity contribution is 5.95. The second-order valence-electron chi connectivity index (χ2n) is 13.9. The van der Waals surface area contributed by atoms with Crippen molar-refractivity contribution in [3.63, 3.8) is 0 Å². The Labute approximate surface area is 312 Å². The van der Waals surface area contributed by atoms with Crippen LogP contribution in [0.1, 0.15) is 66.4 Å². The zero-order valence-corrected chi connectivity index (χ0v) is 31.6. The van der Waals surface area contributed by atoms with Gasteiger partial charge in [-0.05, 0) is 94.1 Å². The first kappa shape index (κ1) is 39.5. The molecule has 0 aromatic heterocycles. The van der Waals surface area contributed by atoms with Crippen molar-refractivity contribution in [2.24, 2.45) is 5.92 Å². The van der Waals surface area contributed by atoms with Crippen LogP contribution in [0.25, 0.3) is 0 Å². The maximum Gasteiger partial charge on any atom is 0.309 e. The van der Waals surface area contributed by atoms with Crippen LogP contribution in [-0.4, -0.2) is 107 Å². The summed E-state index contributed by atoms with van der Waals surface area (Å²) in [5.41, 5.74) is 4.85. The number of amides is 2. The molecule has 1 N–H and O–H groups in total. The van der Waals surface area contributed by atoms with E-state index in [1.54, 1.807) is 36.2 Å². The number of methoxy groups -OCH3 is 3. The van der Waals surface area contributed by atoms with Crippen LogP contribution in [-0.2, 0) is 19.7 Å². The minimum absolute atomic E-state index is 0.0194. The summed E-state index contributed by atoms with van der Waals surface area (Å²) in [6, 6.07) is 19.7. The lowest BCUT2D eigenvalue weighted by molar-refractivity contribution is -0.150. The number of esters is 1. The topological polar surface area (TPSA) is 110 Å². The highest BCUT2D eigenvalue weighted by Gasteiger charge is 2.44. The van der Waals surface area contributed by atoms with E-state index in [0.717, 1.165) is 24.1 Å². The van der Waals surface area contributed by atoms with E-state index in [2.05, 4.69) is 10.3 Å². The molecule has 0 bridgehead atoms. The summed E-state index contributed by atoms with van der Waals surface area (Å²) in [7, 11) is 6.29. The second kappa shape index (κ2) is 18.4. The average Bonchev–Trinajstić information content (AvgIpc) is 3.19. The maximum atomic E-state index is 14.2. The Morgan fingerprint density at radius 3 is 2.09 bits per heavy atom. The van der Waals surface area contributed by atoms with Crippen LogP contribution in [0.5, 0.6) is 17.2 Å². The molecule has 0 saturated carbocycles. The van der Waals surface area contributed by atoms with Gasteiger partial charge in [0.2, 0.25) is 11.7 Å². The Morgan fingerprint density at radius 2 is 1.53 bits per heavy atom. The molecule has 53 heavy (non-hydrogen) atoms. The van der Waals surface area contributed by atoms with Crippen molar-refractivity contribution in [2.75, 3.05) is 74.3 Å². The van der Waals surface area contributed by atoms with Crippen LogP contribution in [0, 0.1) is 11.7 Å². The molecule has 12 heteroatoms. The van der Waals surface area contributed by atoms with E-state index < -0.39 is 5.41 Å². The highest BCUT2D eigenvalue weighted by atomic mass is 19.1. The van der Waals surface area contributed by atoms with Gasteiger partial charge >= 0.3 is 5.97 Å². The number of nitrogens with one attached hydrogen (secondary N) is 1. The van der Waals surface area contributed by atoms with Gasteiger partial charge in [0, 0.05) is 38.2 Å². The third kappa shape index (κ3) is 9.47. The quantitative estimate of drug-likeness (QED) is 0.205. The van der Waals surface area contributed by atoms with Crippen molar-refractivity contribution < 1.29 is 37.7 Å². The number of nitrogens with zero attached hydrogens (tertiary/aromatic N) is 3. The number of hydrazine groups is 1. The van der Waals surface area contributed by atoms with Crippen LogP contribution in [0.15, 0.2) is 66.7 Å². The first-order valence-corrected chi connectivity index (χ1v) is 18.4. The van der Waals surface area contributed by atoms with E-state index in [1.807, 2.05) is 42.3 Å². The van der Waals surface area contributed by atoms with Crippen LogP contribution < -0.4 is 19.6 Å². The smallest absolute Gasteiger partial charge is 0.309 e. The van der Waals surface area contributed by atoms with Gasteiger partial charge in [-0.1, -0.05) is 42.5 Å². The van der Waals surface area contributed by atoms with Crippen LogP contribution in [0.3, 0.4) is 0 Å². The van der Waals surface area contributed by atoms with Crippen LogP contribution >= 0.6 is 0 Å². The van der Waals surface area contributed by atoms with Gasteiger partial charge in [0.05, 0.1) is 39.3 Å². The third-order valence-electron chi connectivity index (χ3n) is 10.7. The Hall–Kier alpha value is -4.68. The highest BCUT2D eigenvalue weighted by Crippen LogP contribution is 2.39. The fraction of sp³-hybridized carbons (Fsp3) is 0.488. The molecule has 0 radical (unpaired) electrons. The minimum Gasteiger partial charge on any atom is -0.493 e. The lowest BCUT2D eigenvalue weighted by Gasteiger charge is -2.43. The van der Waals surface area contributed by atoms with E-state index in [4.69, 9.17) is 18.9 Å². The van der Waals surface area contributed by atoms with Gasteiger partial charge < -0.3 is 28.7 Å². The van der Waals surface area contributed by atoms with E-state index >= 15 is 0 Å². The molecule has 2 saturated heterocycles. The summed E-state index contributed by atoms with van der Waals surface area (Å²) < 4.78 is 35.6. The lowest BCUT2D eigenvalue weighted by atomic mass is 9.72. The molecule has 3 aromatic carbocycles. The molecule has 286 valence electrons. The number of likely N-dealkylation sites (tertiary alicyclic amines) is 1. The molecule has 2 fully saturated rings. The molecule has 5 rings (SSSR count). The number of carbonyl (C=O) groups is 3. The number of benzene rings is 3. The van der Waals surface area contributed by atoms with Crippen molar-refractivity contribution >= 4 is 17.8 Å². The zero-order valence-electron chi connectivity index (χ0n) is 31.6. The van der Waals surface area contributed by atoms with Crippen LogP contribution in [0.4, 0.5) is 4.39 Å². The van der Waals surface area contributed by atoms with Crippen molar-refractivity contribution in [1.29, 1.82) is 0 Å². The van der Waals surface area contributed by atoms with E-state index in [0.29, 0.717) is 87.8 Å². The van der Waals surface area contributed by atoms with Crippen molar-refractivity contribution in [3.05, 3.63) is 89.2 Å². The van der Waals surface area contributed by atoms with E-state index in [1.165, 1.54) is 33.5 Å². The van der Waals surface area contributed by atoms with Crippen molar-refractivity contribution in [1.82, 2.24) is 20.2 Å². The number of ether oxygens (including phenoxy) is 4. The van der Waals surface area contributed by atoms with Crippen LogP contribution in [0.2, 0.25) is 0 Å². The Bertz CT molecular complexity index is 1650. The summed E-state index contributed by atoms with van der Waals surface area (Å²) in [6.07, 6.45) is 3.29. The molecule has 11 nitrogen and oxygen atoms in total. The molecular weight excluding hydrogens is 679 g/mol. The Morgan fingerprint density at radius 1 is 0.906 bits per heavy atom. The summed E-state index contributed by atoms with van der Waals surface area (Å²) in [4.78, 5) is 44.2. The number of hydrogen-bond donors (Lipinski definition) is 1. The molecule has 0 spiro atoms. The zero-order chi connectivity index (χ0) is 38.0. The number of rotatable bonds is 15. The number of carbonyl (C=O) groups excluding carboxylic acids is 3. The summed E-state index contributed by atoms with van der Waals surface area (Å²) in [5.74, 6) is 0.268. The number of piperidine rings is 2. The van der Waals surface area contributed by atoms with E-state index in [9.17, 15) is 18.8 Å². The minimum atomic E-state index is -0.695. The molecule has 2 amide bonds. The normalized spacial score (nSPS) is 17.0. The summed E-state index contributed by atoms with van der Waals surface area (Å²) in [5, 5.41) is 1.94. The number of likely N-dealkylation sites (N-methyl/N-ethyl adjacent to an activating group) is 1. The molecule has 1 atom stereocenters. The van der Waals surface area contributed by atoms with Gasteiger partial charge in [-0.15, -0.1) is 0 Å². The predicted molar refractivity (Wildman–Crippen MR) is 200 cm³/mol. The van der Waals surface area contributed by atoms with Gasteiger partial charge in [-0.25, -0.2) is 9.40 Å². The van der Waals surface area contributed by atoms with Gasteiger partial charge in [-0.2, -0.15) is 0 Å². The molecular formula is C41H53FN4O7. The van der Waals surface area contributed by atoms with Gasteiger partial charge in [0.25, 0.3) is 5.91 Å². The first-order chi connectivity index (χ1) is 25.6. The third-order valence-corrected chi connectivity index (χ3v) is 10.7. The average molecular weight is 733 g/mol. The lowest BCUT2D eigenvalue weighted by Crippen LogP contribution is -2.57. The first-order valence-electron chi connectivity index (χ1n) is 18.4. The molecule has 1 unspecified atom stereocenters. The number of hydrogen-bond acceptors (Lipinski definition) is 9. The molecule has 2 aliphatic rings. The maximum absolute atomic E-state index is 14.2. The SMILES string of the molecule is CCOC(=O)C1CCN(NC(=O)C2(c3ccccc3)CCN(CCC(CN(C)C(=O)c3cc(OC)c(OC)c(OC)c3)c3ccc(F)cc3)CC2)CC1. The van der Waals surface area contributed by atoms with Crippen molar-refractivity contribution in [3.8, 4) is 17.2 Å². The standard InChI is InChI=1S/C41H53FN4O7/c1-6-53-39(48)30-17-22-46(23-18-30)43-40(49)41(33-10-8-7-9-11-33)19-24-45(25-20-41)21-16-31(29-12-14-34(42)15-13-29)28-44(2)38(47)32-26-35(50-3)37(52-5)36(27-32)51-4/h7-15,26-27,30-31H,6,16-25,28H2,1-5H3,(H,43,49). The second-order valence-corrected chi connectivity index (χ2v) is 13.9. The fourth-order valence-electron chi connectivity index (χ4n) is 7.58. The monoisotopic (exact) mass is 732 g/mol. The largest absolute Gasteiger partial charge is 0.493 e. The summed E-state index contributed by atoms with van der Waals surface area (Å²) in [6.45, 7) is 5.93. The number of halogens is 1. The Balaban J connectivity index is 1.25.